The summed E-state index contributed by atoms with van der Waals surface area (Å²) in [6.45, 7) is 1.20. The first-order chi connectivity index (χ1) is 13.0. The Morgan fingerprint density at radius 1 is 1.30 bits per heavy atom. The van der Waals surface area contributed by atoms with Gasteiger partial charge < -0.3 is 14.6 Å². The molecule has 1 aliphatic rings. The lowest BCUT2D eigenvalue weighted by Gasteiger charge is -2.29. The lowest BCUT2D eigenvalue weighted by atomic mass is 10.0. The van der Waals surface area contributed by atoms with Crippen molar-refractivity contribution in [3.8, 4) is 0 Å². The Labute approximate surface area is 163 Å². The van der Waals surface area contributed by atoms with Crippen LogP contribution in [0.5, 0.6) is 0 Å². The van der Waals surface area contributed by atoms with Crippen molar-refractivity contribution in [3.05, 3.63) is 67.8 Å². The summed E-state index contributed by atoms with van der Waals surface area (Å²) in [6, 6.07) is 10.5. The number of aromatic amines is 1. The van der Waals surface area contributed by atoms with Crippen LogP contribution in [0.4, 0.5) is 11.4 Å². The fourth-order valence-corrected chi connectivity index (χ4v) is 3.92. The number of aromatic nitrogens is 1. The highest BCUT2D eigenvalue weighted by atomic mass is 79.9. The fourth-order valence-electron chi connectivity index (χ4n) is 3.57. The number of hydrogen-bond acceptors (Lipinski definition) is 5. The summed E-state index contributed by atoms with van der Waals surface area (Å²) in [5.41, 5.74) is 4.25. The number of rotatable bonds is 3. The number of methoxy groups -OCH3 is 1. The molecule has 0 saturated carbocycles. The predicted octanol–water partition coefficient (Wildman–Crippen LogP) is 4.19. The molecule has 0 radical (unpaired) electrons. The standard InChI is InChI=1S/C19H16BrN3O4/c1-27-19(24)11-2-4-15-13(8-11)14-10-22(7-6-16(14)21-15)17-5-3-12(20)9-18(17)23(25)26/h2-5,8-9,21H,6-7,10H2,1H3. The van der Waals surface area contributed by atoms with Gasteiger partial charge in [-0.2, -0.15) is 0 Å². The zero-order valence-corrected chi connectivity index (χ0v) is 16.1. The topological polar surface area (TPSA) is 88.5 Å². The van der Waals surface area contributed by atoms with Crippen LogP contribution in [0.15, 0.2) is 40.9 Å². The van der Waals surface area contributed by atoms with Crippen LogP contribution in [0.3, 0.4) is 0 Å². The van der Waals surface area contributed by atoms with Gasteiger partial charge in [-0.05, 0) is 30.3 Å². The second-order valence-electron chi connectivity index (χ2n) is 6.40. The highest BCUT2D eigenvalue weighted by molar-refractivity contribution is 9.10. The van der Waals surface area contributed by atoms with E-state index < -0.39 is 0 Å². The maximum Gasteiger partial charge on any atom is 0.337 e. The number of carbonyl (C=O) groups excluding carboxylic acids is 1. The SMILES string of the molecule is COC(=O)c1ccc2[nH]c3c(c2c1)CN(c1ccc(Br)cc1[N+](=O)[O-])CC3. The number of hydrogen-bond donors (Lipinski definition) is 1. The molecule has 0 amide bonds. The first kappa shape index (κ1) is 17.5. The number of nitro groups is 1. The largest absolute Gasteiger partial charge is 0.465 e. The van der Waals surface area contributed by atoms with Gasteiger partial charge in [-0.25, -0.2) is 4.79 Å². The maximum atomic E-state index is 11.9. The third-order valence-corrected chi connectivity index (χ3v) is 5.36. The summed E-state index contributed by atoms with van der Waals surface area (Å²) in [6.07, 6.45) is 0.741. The van der Waals surface area contributed by atoms with Crippen LogP contribution in [-0.4, -0.2) is 29.5 Å². The zero-order valence-electron chi connectivity index (χ0n) is 14.5. The Balaban J connectivity index is 1.76. The summed E-state index contributed by atoms with van der Waals surface area (Å²) in [4.78, 5) is 28.4. The summed E-state index contributed by atoms with van der Waals surface area (Å²) >= 11 is 3.30. The first-order valence-electron chi connectivity index (χ1n) is 8.38. The van der Waals surface area contributed by atoms with Crippen LogP contribution in [0, 0.1) is 10.1 Å². The number of nitro benzene ring substituents is 1. The van der Waals surface area contributed by atoms with E-state index in [4.69, 9.17) is 4.74 Å². The number of fused-ring (bicyclic) bond motifs is 3. The number of halogens is 1. The Bertz CT molecular complexity index is 1080. The van der Waals surface area contributed by atoms with Crippen LogP contribution >= 0.6 is 15.9 Å². The van der Waals surface area contributed by atoms with Gasteiger partial charge in [0.15, 0.2) is 0 Å². The number of nitrogens with one attached hydrogen (secondary N) is 1. The molecule has 0 atom stereocenters. The van der Waals surface area contributed by atoms with Crippen LogP contribution < -0.4 is 4.90 Å². The number of nitrogens with zero attached hydrogens (tertiary/aromatic N) is 2. The van der Waals surface area contributed by atoms with Crippen molar-refractivity contribution in [3.63, 3.8) is 0 Å². The average molecular weight is 430 g/mol. The van der Waals surface area contributed by atoms with E-state index in [0.29, 0.717) is 28.8 Å². The average Bonchev–Trinajstić information content (AvgIpc) is 3.04. The quantitative estimate of drug-likeness (QED) is 0.383. The minimum Gasteiger partial charge on any atom is -0.465 e. The minimum absolute atomic E-state index is 0.0721. The molecule has 2 aromatic carbocycles. The van der Waals surface area contributed by atoms with E-state index in [1.165, 1.54) is 13.2 Å². The highest BCUT2D eigenvalue weighted by Crippen LogP contribution is 2.36. The van der Waals surface area contributed by atoms with E-state index in [2.05, 4.69) is 20.9 Å². The van der Waals surface area contributed by atoms with Gasteiger partial charge in [0.2, 0.25) is 0 Å². The van der Waals surface area contributed by atoms with Crippen molar-refractivity contribution in [2.75, 3.05) is 18.6 Å². The monoisotopic (exact) mass is 429 g/mol. The second-order valence-corrected chi connectivity index (χ2v) is 7.31. The fraction of sp³-hybridized carbons (Fsp3) is 0.211. The van der Waals surface area contributed by atoms with E-state index in [1.807, 2.05) is 23.1 Å². The predicted molar refractivity (Wildman–Crippen MR) is 105 cm³/mol. The van der Waals surface area contributed by atoms with Gasteiger partial charge in [0.1, 0.15) is 5.69 Å². The molecule has 8 heteroatoms. The molecule has 3 aromatic rings. The summed E-state index contributed by atoms with van der Waals surface area (Å²) in [5, 5.41) is 12.4. The van der Waals surface area contributed by atoms with E-state index in [9.17, 15) is 14.9 Å². The molecule has 0 spiro atoms. The summed E-state index contributed by atoms with van der Waals surface area (Å²) in [7, 11) is 1.35. The minimum atomic E-state index is -0.386. The van der Waals surface area contributed by atoms with Crippen molar-refractivity contribution in [1.29, 1.82) is 0 Å². The molecule has 27 heavy (non-hydrogen) atoms. The number of H-pyrrole nitrogens is 1. The zero-order chi connectivity index (χ0) is 19.1. The van der Waals surface area contributed by atoms with Crippen molar-refractivity contribution >= 4 is 44.2 Å². The van der Waals surface area contributed by atoms with Crippen molar-refractivity contribution in [2.24, 2.45) is 0 Å². The number of anilines is 1. The van der Waals surface area contributed by atoms with Crippen LogP contribution in [0.2, 0.25) is 0 Å². The lowest BCUT2D eigenvalue weighted by Crippen LogP contribution is -2.30. The molecular weight excluding hydrogens is 414 g/mol. The molecule has 0 fully saturated rings. The van der Waals surface area contributed by atoms with E-state index in [0.717, 1.165) is 28.6 Å². The smallest absolute Gasteiger partial charge is 0.337 e. The number of esters is 1. The molecule has 0 saturated heterocycles. The number of carbonyl (C=O) groups is 1. The number of benzene rings is 2. The van der Waals surface area contributed by atoms with Crippen LogP contribution in [-0.2, 0) is 17.7 Å². The van der Waals surface area contributed by atoms with E-state index >= 15 is 0 Å². The Morgan fingerprint density at radius 3 is 2.85 bits per heavy atom. The number of ether oxygens (including phenoxy) is 1. The Kier molecular flexibility index (Phi) is 4.35. The molecule has 1 aromatic heterocycles. The van der Waals surface area contributed by atoms with Crippen LogP contribution in [0.1, 0.15) is 21.6 Å². The first-order valence-corrected chi connectivity index (χ1v) is 9.18. The van der Waals surface area contributed by atoms with Crippen molar-refractivity contribution in [2.45, 2.75) is 13.0 Å². The maximum absolute atomic E-state index is 11.9. The van der Waals surface area contributed by atoms with Crippen molar-refractivity contribution < 1.29 is 14.5 Å². The lowest BCUT2D eigenvalue weighted by molar-refractivity contribution is -0.384. The molecule has 0 aliphatic carbocycles. The molecule has 4 rings (SSSR count). The molecule has 1 aliphatic heterocycles. The third kappa shape index (κ3) is 3.06. The third-order valence-electron chi connectivity index (χ3n) is 4.87. The normalized spacial score (nSPS) is 13.5. The molecule has 2 heterocycles. The molecule has 0 bridgehead atoms. The summed E-state index contributed by atoms with van der Waals surface area (Å²) in [5.74, 6) is -0.386. The van der Waals surface area contributed by atoms with E-state index in [1.54, 1.807) is 12.1 Å². The van der Waals surface area contributed by atoms with Gasteiger partial charge in [-0.3, -0.25) is 10.1 Å². The molecule has 138 valence electrons. The Morgan fingerprint density at radius 2 is 2.11 bits per heavy atom. The van der Waals surface area contributed by atoms with Gasteiger partial charge in [-0.1, -0.05) is 15.9 Å². The van der Waals surface area contributed by atoms with Crippen LogP contribution in [0.25, 0.3) is 10.9 Å². The summed E-state index contributed by atoms with van der Waals surface area (Å²) < 4.78 is 5.48. The van der Waals surface area contributed by atoms with Gasteiger partial charge in [-0.15, -0.1) is 0 Å². The molecule has 7 nitrogen and oxygen atoms in total. The second kappa shape index (κ2) is 6.70. The van der Waals surface area contributed by atoms with Gasteiger partial charge in [0.05, 0.1) is 17.6 Å². The highest BCUT2D eigenvalue weighted by Gasteiger charge is 2.26. The van der Waals surface area contributed by atoms with Crippen molar-refractivity contribution in [1.82, 2.24) is 4.98 Å². The van der Waals surface area contributed by atoms with E-state index in [-0.39, 0.29) is 16.6 Å². The molecular formula is C19H16BrN3O4. The van der Waals surface area contributed by atoms with Gasteiger partial charge >= 0.3 is 5.97 Å². The molecule has 0 unspecified atom stereocenters. The Hall–Kier alpha value is -2.87. The van der Waals surface area contributed by atoms with Gasteiger partial charge in [0, 0.05) is 52.2 Å². The van der Waals surface area contributed by atoms with Gasteiger partial charge in [0.25, 0.3) is 5.69 Å². The molecule has 1 N–H and O–H groups in total.